The van der Waals surface area contributed by atoms with Gasteiger partial charge in [-0.25, -0.2) is 4.98 Å². The van der Waals surface area contributed by atoms with Crippen LogP contribution in [-0.4, -0.2) is 28.9 Å². The van der Waals surface area contributed by atoms with Gasteiger partial charge in [0.25, 0.3) is 0 Å². The molecule has 2 aromatic rings. The minimum Gasteiger partial charge on any atom is -0.440 e. The van der Waals surface area contributed by atoms with Crippen LogP contribution in [0.5, 0.6) is 0 Å². The van der Waals surface area contributed by atoms with Crippen molar-refractivity contribution in [1.29, 1.82) is 0 Å². The summed E-state index contributed by atoms with van der Waals surface area (Å²) in [6.07, 6.45) is 8.30. The number of hydrogen-bond acceptors (Lipinski definition) is 3. The third-order valence-corrected chi connectivity index (χ3v) is 6.76. The second kappa shape index (κ2) is 6.15. The van der Waals surface area contributed by atoms with Crippen molar-refractivity contribution in [3.05, 3.63) is 30.2 Å². The molecule has 4 atom stereocenters. The van der Waals surface area contributed by atoms with Gasteiger partial charge < -0.3 is 9.32 Å². The van der Waals surface area contributed by atoms with Gasteiger partial charge in [0, 0.05) is 19.5 Å². The van der Waals surface area contributed by atoms with Gasteiger partial charge in [0.2, 0.25) is 5.91 Å². The first-order valence-corrected chi connectivity index (χ1v) is 9.89. The topological polar surface area (TPSA) is 46.3 Å². The molecule has 4 nitrogen and oxygen atoms in total. The van der Waals surface area contributed by atoms with E-state index in [-0.39, 0.29) is 5.92 Å². The molecule has 132 valence electrons. The first-order chi connectivity index (χ1) is 12.3. The van der Waals surface area contributed by atoms with Crippen LogP contribution in [0.15, 0.2) is 28.7 Å². The molecule has 5 rings (SSSR count). The Morgan fingerprint density at radius 3 is 2.92 bits per heavy atom. The zero-order valence-electron chi connectivity index (χ0n) is 14.7. The zero-order valence-corrected chi connectivity index (χ0v) is 14.7. The molecular weight excluding hydrogens is 312 g/mol. The number of amides is 1. The maximum absolute atomic E-state index is 12.9. The summed E-state index contributed by atoms with van der Waals surface area (Å²) in [5.41, 5.74) is 1.77. The number of piperidine rings is 1. The summed E-state index contributed by atoms with van der Waals surface area (Å²) < 4.78 is 5.96. The van der Waals surface area contributed by atoms with Crippen LogP contribution in [0.3, 0.4) is 0 Å². The quantitative estimate of drug-likeness (QED) is 0.835. The Morgan fingerprint density at radius 1 is 1.20 bits per heavy atom. The molecule has 2 aliphatic carbocycles. The van der Waals surface area contributed by atoms with E-state index in [1.54, 1.807) is 0 Å². The predicted octanol–water partition coefficient (Wildman–Crippen LogP) is 4.36. The van der Waals surface area contributed by atoms with E-state index in [0.29, 0.717) is 11.8 Å². The lowest BCUT2D eigenvalue weighted by molar-refractivity contribution is -0.133. The molecule has 25 heavy (non-hydrogen) atoms. The summed E-state index contributed by atoms with van der Waals surface area (Å²) in [4.78, 5) is 19.6. The number of fused-ring (bicyclic) bond motifs is 3. The molecule has 4 heteroatoms. The number of aromatic nitrogens is 1. The maximum atomic E-state index is 12.9. The fourth-order valence-corrected chi connectivity index (χ4v) is 5.45. The van der Waals surface area contributed by atoms with E-state index in [1.807, 2.05) is 24.3 Å². The Balaban J connectivity index is 1.26. The average molecular weight is 338 g/mol. The molecule has 0 spiro atoms. The van der Waals surface area contributed by atoms with Crippen molar-refractivity contribution in [2.75, 3.05) is 13.1 Å². The second-order valence-corrected chi connectivity index (χ2v) is 8.34. The van der Waals surface area contributed by atoms with Gasteiger partial charge in [-0.15, -0.1) is 0 Å². The Kier molecular flexibility index (Phi) is 3.79. The Morgan fingerprint density at radius 2 is 2.12 bits per heavy atom. The van der Waals surface area contributed by atoms with Crippen LogP contribution in [-0.2, 0) is 4.79 Å². The maximum Gasteiger partial charge on any atom is 0.222 e. The molecule has 0 N–H and O–H groups in total. The number of nitrogens with zero attached hydrogens (tertiary/aromatic N) is 2. The molecule has 1 saturated heterocycles. The van der Waals surface area contributed by atoms with Gasteiger partial charge in [-0.05, 0) is 62.0 Å². The van der Waals surface area contributed by atoms with E-state index in [0.717, 1.165) is 61.2 Å². The number of likely N-dealkylation sites (tertiary alicyclic amines) is 1. The number of hydrogen-bond donors (Lipinski definition) is 0. The summed E-state index contributed by atoms with van der Waals surface area (Å²) >= 11 is 0. The normalized spacial score (nSPS) is 31.8. The lowest BCUT2D eigenvalue weighted by Gasteiger charge is -2.33. The molecule has 0 unspecified atom stereocenters. The fourth-order valence-electron chi connectivity index (χ4n) is 5.45. The number of carbonyl (C=O) groups excluding carboxylic acids is 1. The third kappa shape index (κ3) is 2.86. The number of rotatable bonds is 3. The van der Waals surface area contributed by atoms with Crippen molar-refractivity contribution in [2.45, 2.75) is 50.9 Å². The van der Waals surface area contributed by atoms with E-state index in [4.69, 9.17) is 4.42 Å². The van der Waals surface area contributed by atoms with Crippen LogP contribution >= 0.6 is 0 Å². The molecule has 1 amide bonds. The SMILES string of the molecule is O=C(C[C@@H]1C[C@H]2CC[C@H]1C2)N1CCC[C@@H](c2nc3ccccc3o2)C1. The monoisotopic (exact) mass is 338 g/mol. The minimum absolute atomic E-state index is 0.241. The summed E-state index contributed by atoms with van der Waals surface area (Å²) in [6, 6.07) is 7.92. The smallest absolute Gasteiger partial charge is 0.222 e. The average Bonchev–Trinajstić information content (AvgIpc) is 3.36. The van der Waals surface area contributed by atoms with Gasteiger partial charge in [-0.2, -0.15) is 0 Å². The van der Waals surface area contributed by atoms with Crippen LogP contribution in [0.1, 0.15) is 56.8 Å². The first kappa shape index (κ1) is 15.4. The van der Waals surface area contributed by atoms with Crippen molar-refractivity contribution in [3.8, 4) is 0 Å². The van der Waals surface area contributed by atoms with E-state index in [1.165, 1.54) is 25.7 Å². The van der Waals surface area contributed by atoms with Crippen LogP contribution in [0.25, 0.3) is 11.1 Å². The first-order valence-electron chi connectivity index (χ1n) is 9.89. The van der Waals surface area contributed by atoms with E-state index < -0.39 is 0 Å². The highest BCUT2D eigenvalue weighted by atomic mass is 16.3. The van der Waals surface area contributed by atoms with Gasteiger partial charge in [0.15, 0.2) is 11.5 Å². The van der Waals surface area contributed by atoms with Crippen molar-refractivity contribution in [3.63, 3.8) is 0 Å². The van der Waals surface area contributed by atoms with E-state index in [9.17, 15) is 4.79 Å². The predicted molar refractivity (Wildman–Crippen MR) is 96.1 cm³/mol. The number of para-hydroxylation sites is 2. The standard InChI is InChI=1S/C21H26N2O2/c24-20(12-17-11-14-7-8-15(17)10-14)23-9-3-4-16(13-23)21-22-18-5-1-2-6-19(18)25-21/h1-2,5-6,14-17H,3-4,7-13H2/t14-,15-,16+,17-/m0/s1. The highest BCUT2D eigenvalue weighted by Gasteiger charge is 2.41. The summed E-state index contributed by atoms with van der Waals surface area (Å²) in [5, 5.41) is 0. The van der Waals surface area contributed by atoms with E-state index in [2.05, 4.69) is 9.88 Å². The lowest BCUT2D eigenvalue weighted by atomic mass is 9.86. The highest BCUT2D eigenvalue weighted by Crippen LogP contribution is 2.49. The number of benzene rings is 1. The Hall–Kier alpha value is -1.84. The largest absolute Gasteiger partial charge is 0.440 e. The molecular formula is C21H26N2O2. The second-order valence-electron chi connectivity index (χ2n) is 8.34. The third-order valence-electron chi connectivity index (χ3n) is 6.76. The molecule has 1 aliphatic heterocycles. The van der Waals surface area contributed by atoms with Crippen molar-refractivity contribution < 1.29 is 9.21 Å². The summed E-state index contributed by atoms with van der Waals surface area (Å²) in [6.45, 7) is 1.67. The zero-order chi connectivity index (χ0) is 16.8. The molecule has 0 radical (unpaired) electrons. The van der Waals surface area contributed by atoms with Crippen molar-refractivity contribution >= 4 is 17.0 Å². The van der Waals surface area contributed by atoms with E-state index >= 15 is 0 Å². The summed E-state index contributed by atoms with van der Waals surface area (Å²) in [5.74, 6) is 3.79. The lowest BCUT2D eigenvalue weighted by Crippen LogP contribution is -2.40. The number of carbonyl (C=O) groups is 1. The van der Waals surface area contributed by atoms with Crippen molar-refractivity contribution in [2.24, 2.45) is 17.8 Å². The Labute approximate surface area is 148 Å². The van der Waals surface area contributed by atoms with Crippen LogP contribution in [0, 0.1) is 17.8 Å². The Bertz CT molecular complexity index is 750. The molecule has 3 fully saturated rings. The van der Waals surface area contributed by atoms with Gasteiger partial charge in [-0.3, -0.25) is 4.79 Å². The van der Waals surface area contributed by atoms with Crippen LogP contribution in [0.4, 0.5) is 0 Å². The van der Waals surface area contributed by atoms with Gasteiger partial charge in [0.05, 0.1) is 5.92 Å². The highest BCUT2D eigenvalue weighted by molar-refractivity contribution is 5.77. The minimum atomic E-state index is 0.241. The van der Waals surface area contributed by atoms with Gasteiger partial charge in [-0.1, -0.05) is 18.6 Å². The fraction of sp³-hybridized carbons (Fsp3) is 0.619. The molecule has 1 aromatic carbocycles. The van der Waals surface area contributed by atoms with Crippen LogP contribution < -0.4 is 0 Å². The molecule has 2 saturated carbocycles. The number of oxazole rings is 1. The van der Waals surface area contributed by atoms with Gasteiger partial charge in [0.1, 0.15) is 5.52 Å². The molecule has 2 heterocycles. The molecule has 2 bridgehead atoms. The van der Waals surface area contributed by atoms with Crippen molar-refractivity contribution in [1.82, 2.24) is 9.88 Å². The molecule has 1 aromatic heterocycles. The molecule has 3 aliphatic rings. The van der Waals surface area contributed by atoms with Crippen LogP contribution in [0.2, 0.25) is 0 Å². The summed E-state index contributed by atoms with van der Waals surface area (Å²) in [7, 11) is 0. The van der Waals surface area contributed by atoms with Gasteiger partial charge >= 0.3 is 0 Å².